The lowest BCUT2D eigenvalue weighted by atomic mass is 10.3. The number of hydrogen-bond donors (Lipinski definition) is 1. The molecule has 0 saturated carbocycles. The molecule has 1 aromatic carbocycles. The van der Waals surface area contributed by atoms with Gasteiger partial charge < -0.3 is 19.2 Å². The smallest absolute Gasteiger partial charge is 0.254 e. The normalized spacial score (nSPS) is 9.95. The van der Waals surface area contributed by atoms with E-state index in [0.29, 0.717) is 24.5 Å². The van der Waals surface area contributed by atoms with Gasteiger partial charge in [-0.3, -0.25) is 4.79 Å². The highest BCUT2D eigenvalue weighted by Gasteiger charge is 2.05. The number of hydrogen-bond acceptors (Lipinski definition) is 4. The van der Waals surface area contributed by atoms with Gasteiger partial charge in [0.25, 0.3) is 5.91 Å². The minimum absolute atomic E-state index is 0.178. The monoisotopic (exact) mass is 261 g/mol. The molecule has 0 fully saturated rings. The Hall–Kier alpha value is -2.43. The van der Waals surface area contributed by atoms with E-state index in [9.17, 15) is 4.79 Å². The second kappa shape index (κ2) is 6.49. The SMILES string of the molecule is COc1cccc(OCCNC(=O)c2ccoc2)c1. The summed E-state index contributed by atoms with van der Waals surface area (Å²) in [6, 6.07) is 8.92. The predicted octanol–water partition coefficient (Wildman–Crippen LogP) is 2.10. The minimum Gasteiger partial charge on any atom is -0.497 e. The van der Waals surface area contributed by atoms with Gasteiger partial charge in [-0.1, -0.05) is 6.07 Å². The first-order valence-electron chi connectivity index (χ1n) is 5.87. The number of amides is 1. The van der Waals surface area contributed by atoms with Crippen molar-refractivity contribution < 1.29 is 18.7 Å². The number of benzene rings is 1. The Kier molecular flexibility index (Phi) is 4.44. The lowest BCUT2D eigenvalue weighted by Gasteiger charge is -2.08. The van der Waals surface area contributed by atoms with Crippen molar-refractivity contribution in [1.82, 2.24) is 5.32 Å². The number of furan rings is 1. The molecule has 0 atom stereocenters. The van der Waals surface area contributed by atoms with Crippen molar-refractivity contribution in [3.05, 3.63) is 48.4 Å². The van der Waals surface area contributed by atoms with Gasteiger partial charge >= 0.3 is 0 Å². The van der Waals surface area contributed by atoms with Crippen LogP contribution in [0.5, 0.6) is 11.5 Å². The summed E-state index contributed by atoms with van der Waals surface area (Å²) >= 11 is 0. The molecular formula is C14H15NO4. The zero-order valence-corrected chi connectivity index (χ0v) is 10.6. The summed E-state index contributed by atoms with van der Waals surface area (Å²) in [7, 11) is 1.60. The molecule has 0 unspecified atom stereocenters. The molecule has 0 radical (unpaired) electrons. The van der Waals surface area contributed by atoms with Crippen molar-refractivity contribution in [1.29, 1.82) is 0 Å². The minimum atomic E-state index is -0.178. The zero-order chi connectivity index (χ0) is 13.5. The topological polar surface area (TPSA) is 60.7 Å². The van der Waals surface area contributed by atoms with Crippen LogP contribution in [-0.2, 0) is 0 Å². The molecule has 1 amide bonds. The van der Waals surface area contributed by atoms with Gasteiger partial charge in [-0.25, -0.2) is 0 Å². The molecule has 0 aliphatic heterocycles. The van der Waals surface area contributed by atoms with Crippen LogP contribution in [-0.4, -0.2) is 26.2 Å². The summed E-state index contributed by atoms with van der Waals surface area (Å²) in [5, 5.41) is 2.73. The summed E-state index contributed by atoms with van der Waals surface area (Å²) in [5.74, 6) is 1.26. The quantitative estimate of drug-likeness (QED) is 0.809. The fourth-order valence-electron chi connectivity index (χ4n) is 1.52. The van der Waals surface area contributed by atoms with Gasteiger partial charge in [-0.05, 0) is 18.2 Å². The van der Waals surface area contributed by atoms with Crippen LogP contribution in [0.3, 0.4) is 0 Å². The van der Waals surface area contributed by atoms with Gasteiger partial charge in [0.05, 0.1) is 25.5 Å². The molecule has 0 aliphatic rings. The Balaban J connectivity index is 1.73. The Labute approximate surface area is 111 Å². The van der Waals surface area contributed by atoms with Crippen LogP contribution in [0.2, 0.25) is 0 Å². The highest BCUT2D eigenvalue weighted by atomic mass is 16.5. The van der Waals surface area contributed by atoms with Crippen molar-refractivity contribution in [3.63, 3.8) is 0 Å². The molecule has 2 rings (SSSR count). The molecule has 5 nitrogen and oxygen atoms in total. The van der Waals surface area contributed by atoms with Crippen molar-refractivity contribution >= 4 is 5.91 Å². The third kappa shape index (κ3) is 3.77. The van der Waals surface area contributed by atoms with E-state index in [-0.39, 0.29) is 5.91 Å². The fraction of sp³-hybridized carbons (Fsp3) is 0.214. The predicted molar refractivity (Wildman–Crippen MR) is 69.5 cm³/mol. The van der Waals surface area contributed by atoms with E-state index >= 15 is 0 Å². The molecule has 100 valence electrons. The summed E-state index contributed by atoms with van der Waals surface area (Å²) in [6.07, 6.45) is 2.86. The average molecular weight is 261 g/mol. The molecule has 0 bridgehead atoms. The number of rotatable bonds is 6. The Bertz CT molecular complexity index is 522. The Morgan fingerprint density at radius 1 is 1.32 bits per heavy atom. The van der Waals surface area contributed by atoms with Crippen LogP contribution in [0.15, 0.2) is 47.3 Å². The highest BCUT2D eigenvalue weighted by molar-refractivity contribution is 5.93. The van der Waals surface area contributed by atoms with Crippen LogP contribution in [0.4, 0.5) is 0 Å². The number of ether oxygens (including phenoxy) is 2. The molecule has 0 saturated heterocycles. The molecule has 5 heteroatoms. The number of methoxy groups -OCH3 is 1. The summed E-state index contributed by atoms with van der Waals surface area (Å²) < 4.78 is 15.4. The van der Waals surface area contributed by atoms with E-state index in [1.807, 2.05) is 18.2 Å². The zero-order valence-electron chi connectivity index (χ0n) is 10.6. The summed E-state index contributed by atoms with van der Waals surface area (Å²) in [5.41, 5.74) is 0.501. The number of carbonyl (C=O) groups is 1. The molecule has 2 aromatic rings. The maximum atomic E-state index is 11.6. The Morgan fingerprint density at radius 3 is 2.89 bits per heavy atom. The molecule has 1 N–H and O–H groups in total. The summed E-state index contributed by atoms with van der Waals surface area (Å²) in [6.45, 7) is 0.804. The van der Waals surface area contributed by atoms with Gasteiger partial charge in [0.15, 0.2) is 0 Å². The van der Waals surface area contributed by atoms with Gasteiger partial charge in [-0.15, -0.1) is 0 Å². The lowest BCUT2D eigenvalue weighted by Crippen LogP contribution is -2.27. The molecule has 19 heavy (non-hydrogen) atoms. The number of carbonyl (C=O) groups excluding carboxylic acids is 1. The Morgan fingerprint density at radius 2 is 2.16 bits per heavy atom. The van der Waals surface area contributed by atoms with Crippen molar-refractivity contribution in [3.8, 4) is 11.5 Å². The first kappa shape index (κ1) is 13.0. The van der Waals surface area contributed by atoms with E-state index < -0.39 is 0 Å². The summed E-state index contributed by atoms with van der Waals surface area (Å²) in [4.78, 5) is 11.6. The second-order valence-electron chi connectivity index (χ2n) is 3.80. The van der Waals surface area contributed by atoms with E-state index in [0.717, 1.165) is 5.75 Å². The maximum Gasteiger partial charge on any atom is 0.254 e. The van der Waals surface area contributed by atoms with Gasteiger partial charge in [0.1, 0.15) is 24.4 Å². The third-order valence-electron chi connectivity index (χ3n) is 2.48. The number of nitrogens with one attached hydrogen (secondary N) is 1. The standard InChI is InChI=1S/C14H15NO4/c1-17-12-3-2-4-13(9-12)19-8-6-15-14(16)11-5-7-18-10-11/h2-5,7,9-10H,6,8H2,1H3,(H,15,16). The molecule has 1 heterocycles. The van der Waals surface area contributed by atoms with Crippen LogP contribution in [0.25, 0.3) is 0 Å². The lowest BCUT2D eigenvalue weighted by molar-refractivity contribution is 0.0946. The first-order valence-corrected chi connectivity index (χ1v) is 5.87. The van der Waals surface area contributed by atoms with Crippen molar-refractivity contribution in [2.45, 2.75) is 0 Å². The van der Waals surface area contributed by atoms with Crippen LogP contribution in [0.1, 0.15) is 10.4 Å². The van der Waals surface area contributed by atoms with Crippen LogP contribution >= 0.6 is 0 Å². The van der Waals surface area contributed by atoms with Crippen LogP contribution in [0, 0.1) is 0 Å². The van der Waals surface area contributed by atoms with Gasteiger partial charge in [-0.2, -0.15) is 0 Å². The largest absolute Gasteiger partial charge is 0.497 e. The molecule has 0 spiro atoms. The third-order valence-corrected chi connectivity index (χ3v) is 2.48. The van der Waals surface area contributed by atoms with E-state index in [1.54, 1.807) is 19.2 Å². The second-order valence-corrected chi connectivity index (χ2v) is 3.80. The fourth-order valence-corrected chi connectivity index (χ4v) is 1.52. The van der Waals surface area contributed by atoms with Gasteiger partial charge in [0, 0.05) is 6.07 Å². The van der Waals surface area contributed by atoms with E-state index in [2.05, 4.69) is 5.32 Å². The van der Waals surface area contributed by atoms with Gasteiger partial charge in [0.2, 0.25) is 0 Å². The van der Waals surface area contributed by atoms with E-state index in [1.165, 1.54) is 12.5 Å². The molecule has 0 aliphatic carbocycles. The maximum absolute atomic E-state index is 11.6. The van der Waals surface area contributed by atoms with Crippen molar-refractivity contribution in [2.24, 2.45) is 0 Å². The molecule has 1 aromatic heterocycles. The average Bonchev–Trinajstić information content (AvgIpc) is 2.98. The van der Waals surface area contributed by atoms with Crippen LogP contribution < -0.4 is 14.8 Å². The molecular weight excluding hydrogens is 246 g/mol. The van der Waals surface area contributed by atoms with Crippen molar-refractivity contribution in [2.75, 3.05) is 20.3 Å². The highest BCUT2D eigenvalue weighted by Crippen LogP contribution is 2.18. The van der Waals surface area contributed by atoms with E-state index in [4.69, 9.17) is 13.9 Å². The first-order chi connectivity index (χ1) is 9.29.